The van der Waals surface area contributed by atoms with Crippen LogP contribution in [0.5, 0.6) is 0 Å². The highest BCUT2D eigenvalue weighted by Crippen LogP contribution is 2.36. The molecule has 1 fully saturated rings. The maximum absolute atomic E-state index is 13.0. The predicted octanol–water partition coefficient (Wildman–Crippen LogP) is 3.10. The Kier molecular flexibility index (Phi) is 6.28. The summed E-state index contributed by atoms with van der Waals surface area (Å²) in [6.07, 6.45) is -4.59. The lowest BCUT2D eigenvalue weighted by molar-refractivity contribution is -0.137. The van der Waals surface area contributed by atoms with Crippen LogP contribution in [0, 0.1) is 0 Å². The average Bonchev–Trinajstić information content (AvgIpc) is 3.25. The molecule has 1 aliphatic heterocycles. The van der Waals surface area contributed by atoms with Gasteiger partial charge in [-0.3, -0.25) is 9.69 Å². The van der Waals surface area contributed by atoms with E-state index in [1.54, 1.807) is 4.68 Å². The summed E-state index contributed by atoms with van der Waals surface area (Å²) < 4.78 is 40.7. The number of hydrogen-bond donors (Lipinski definition) is 1. The van der Waals surface area contributed by atoms with E-state index < -0.39 is 22.7 Å². The summed E-state index contributed by atoms with van der Waals surface area (Å²) in [6, 6.07) is 12.8. The molecule has 168 valence electrons. The molecule has 4 rings (SSSR count). The molecule has 1 aliphatic rings. The number of rotatable bonds is 5. The van der Waals surface area contributed by atoms with E-state index in [9.17, 15) is 18.0 Å². The van der Waals surface area contributed by atoms with Crippen LogP contribution in [0.15, 0.2) is 48.5 Å². The van der Waals surface area contributed by atoms with Gasteiger partial charge in [-0.15, -0.1) is 0 Å². The Balaban J connectivity index is 1.33. The van der Waals surface area contributed by atoms with E-state index in [1.807, 2.05) is 40.1 Å². The van der Waals surface area contributed by atoms with Crippen LogP contribution in [0.3, 0.4) is 0 Å². The minimum absolute atomic E-state index is 0.0485. The zero-order valence-electron chi connectivity index (χ0n) is 16.8. The number of nitrogens with zero attached hydrogens (tertiary/aromatic N) is 6. The van der Waals surface area contributed by atoms with E-state index in [0.29, 0.717) is 32.1 Å². The van der Waals surface area contributed by atoms with Crippen molar-refractivity contribution < 1.29 is 18.0 Å². The minimum atomic E-state index is -4.59. The van der Waals surface area contributed by atoms with Crippen LogP contribution in [-0.4, -0.2) is 63.7 Å². The zero-order chi connectivity index (χ0) is 22.7. The van der Waals surface area contributed by atoms with Gasteiger partial charge in [0.15, 0.2) is 0 Å². The molecule has 1 amide bonds. The summed E-state index contributed by atoms with van der Waals surface area (Å²) in [5.41, 5.74) is -0.0929. The summed E-state index contributed by atoms with van der Waals surface area (Å²) in [7, 11) is 0. The van der Waals surface area contributed by atoms with Crippen LogP contribution < -0.4 is 10.2 Å². The molecule has 1 aromatic heterocycles. The largest absolute Gasteiger partial charge is 0.417 e. The van der Waals surface area contributed by atoms with Crippen LogP contribution in [0.4, 0.5) is 24.8 Å². The van der Waals surface area contributed by atoms with Gasteiger partial charge < -0.3 is 10.2 Å². The number of anilines is 2. The SMILES string of the molecule is O=C(CN1CCN(c2nnnn2-c2ccccc2)CC1)Nc1ccc(Cl)c(C(F)(F)F)c1. The van der Waals surface area contributed by atoms with Crippen molar-refractivity contribution in [3.05, 3.63) is 59.1 Å². The van der Waals surface area contributed by atoms with Gasteiger partial charge in [0.25, 0.3) is 0 Å². The van der Waals surface area contributed by atoms with E-state index >= 15 is 0 Å². The van der Waals surface area contributed by atoms with Gasteiger partial charge >= 0.3 is 6.18 Å². The number of aromatic nitrogens is 4. The summed E-state index contributed by atoms with van der Waals surface area (Å²) in [4.78, 5) is 16.3. The Morgan fingerprint density at radius 1 is 1.06 bits per heavy atom. The molecule has 12 heteroatoms. The second kappa shape index (κ2) is 9.13. The van der Waals surface area contributed by atoms with Gasteiger partial charge in [-0.25, -0.2) is 0 Å². The van der Waals surface area contributed by atoms with Crippen molar-refractivity contribution in [3.63, 3.8) is 0 Å². The maximum atomic E-state index is 13.0. The number of carbonyl (C=O) groups excluding carboxylic acids is 1. The third-order valence-corrected chi connectivity index (χ3v) is 5.36. The summed E-state index contributed by atoms with van der Waals surface area (Å²) in [6.45, 7) is 2.40. The average molecular weight is 466 g/mol. The molecule has 0 aliphatic carbocycles. The highest BCUT2D eigenvalue weighted by atomic mass is 35.5. The molecule has 0 unspecified atom stereocenters. The molecule has 1 N–H and O–H groups in total. The highest BCUT2D eigenvalue weighted by Gasteiger charge is 2.33. The third kappa shape index (κ3) is 5.00. The molecule has 3 aromatic rings. The van der Waals surface area contributed by atoms with Crippen molar-refractivity contribution in [1.29, 1.82) is 0 Å². The van der Waals surface area contributed by atoms with Gasteiger partial charge in [0.1, 0.15) is 0 Å². The third-order valence-electron chi connectivity index (χ3n) is 5.03. The fraction of sp³-hybridized carbons (Fsp3) is 0.300. The van der Waals surface area contributed by atoms with Crippen molar-refractivity contribution in [2.45, 2.75) is 6.18 Å². The summed E-state index contributed by atoms with van der Waals surface area (Å²) >= 11 is 5.62. The fourth-order valence-electron chi connectivity index (χ4n) is 3.45. The Morgan fingerprint density at radius 3 is 2.47 bits per heavy atom. The first-order chi connectivity index (χ1) is 15.3. The number of halogens is 4. The monoisotopic (exact) mass is 465 g/mol. The molecule has 0 spiro atoms. The lowest BCUT2D eigenvalue weighted by Gasteiger charge is -2.34. The van der Waals surface area contributed by atoms with Gasteiger partial charge in [0, 0.05) is 31.9 Å². The van der Waals surface area contributed by atoms with Crippen molar-refractivity contribution in [1.82, 2.24) is 25.1 Å². The van der Waals surface area contributed by atoms with Gasteiger partial charge in [-0.2, -0.15) is 17.9 Å². The number of alkyl halides is 3. The standard InChI is InChI=1S/C20H19ClF3N7O/c21-17-7-6-14(12-16(17)20(22,23)24)25-18(32)13-29-8-10-30(11-9-29)19-26-27-28-31(19)15-4-2-1-3-5-15/h1-7,12H,8-11,13H2,(H,25,32). The molecule has 2 heterocycles. The Bertz CT molecular complexity index is 1080. The van der Waals surface area contributed by atoms with Crippen LogP contribution in [0.1, 0.15) is 5.56 Å². The van der Waals surface area contributed by atoms with Crippen LogP contribution in [0.25, 0.3) is 5.69 Å². The number of piperazine rings is 1. The van der Waals surface area contributed by atoms with E-state index in [-0.39, 0.29) is 12.2 Å². The molecule has 2 aromatic carbocycles. The normalized spacial score (nSPS) is 15.1. The summed E-state index contributed by atoms with van der Waals surface area (Å²) in [5, 5.41) is 14.0. The topological polar surface area (TPSA) is 79.2 Å². The number of benzene rings is 2. The quantitative estimate of drug-likeness (QED) is 0.624. The maximum Gasteiger partial charge on any atom is 0.417 e. The first-order valence-electron chi connectivity index (χ1n) is 9.79. The van der Waals surface area contributed by atoms with E-state index in [2.05, 4.69) is 20.8 Å². The first kappa shape index (κ1) is 22.0. The van der Waals surface area contributed by atoms with Crippen molar-refractivity contribution in [2.24, 2.45) is 0 Å². The van der Waals surface area contributed by atoms with Gasteiger partial charge in [0.05, 0.1) is 22.8 Å². The van der Waals surface area contributed by atoms with Crippen molar-refractivity contribution in [2.75, 3.05) is 42.9 Å². The number of nitrogens with one attached hydrogen (secondary N) is 1. The predicted molar refractivity (Wildman–Crippen MR) is 113 cm³/mol. The van der Waals surface area contributed by atoms with Crippen LogP contribution >= 0.6 is 11.6 Å². The zero-order valence-corrected chi connectivity index (χ0v) is 17.5. The minimum Gasteiger partial charge on any atom is -0.337 e. The van der Waals surface area contributed by atoms with E-state index in [0.717, 1.165) is 17.8 Å². The van der Waals surface area contributed by atoms with Crippen LogP contribution in [-0.2, 0) is 11.0 Å². The number of tetrazole rings is 1. The Labute approximate surface area is 186 Å². The lowest BCUT2D eigenvalue weighted by atomic mass is 10.2. The highest BCUT2D eigenvalue weighted by molar-refractivity contribution is 6.31. The van der Waals surface area contributed by atoms with E-state index in [1.165, 1.54) is 6.07 Å². The van der Waals surface area contributed by atoms with Crippen LogP contribution in [0.2, 0.25) is 5.02 Å². The molecule has 1 saturated heterocycles. The second-order valence-electron chi connectivity index (χ2n) is 7.23. The number of amides is 1. The molecule has 0 bridgehead atoms. The molecule has 32 heavy (non-hydrogen) atoms. The van der Waals surface area contributed by atoms with Crippen molar-refractivity contribution >= 4 is 29.1 Å². The Hall–Kier alpha value is -3.18. The Morgan fingerprint density at radius 2 is 1.78 bits per heavy atom. The van der Waals surface area contributed by atoms with Gasteiger partial charge in [0.2, 0.25) is 11.9 Å². The smallest absolute Gasteiger partial charge is 0.337 e. The molecular weight excluding hydrogens is 447 g/mol. The molecular formula is C20H19ClF3N7O. The van der Waals surface area contributed by atoms with Gasteiger partial charge in [-0.05, 0) is 40.8 Å². The van der Waals surface area contributed by atoms with Gasteiger partial charge in [-0.1, -0.05) is 34.9 Å². The fourth-order valence-corrected chi connectivity index (χ4v) is 3.67. The number of hydrogen-bond acceptors (Lipinski definition) is 6. The molecule has 8 nitrogen and oxygen atoms in total. The molecule has 0 atom stereocenters. The number of para-hydroxylation sites is 1. The lowest BCUT2D eigenvalue weighted by Crippen LogP contribution is -2.49. The molecule has 0 saturated carbocycles. The second-order valence-corrected chi connectivity index (χ2v) is 7.64. The molecule has 0 radical (unpaired) electrons. The first-order valence-corrected chi connectivity index (χ1v) is 10.2. The summed E-state index contributed by atoms with van der Waals surface area (Å²) in [5.74, 6) is 0.212. The van der Waals surface area contributed by atoms with E-state index in [4.69, 9.17) is 11.6 Å². The van der Waals surface area contributed by atoms with Crippen molar-refractivity contribution in [3.8, 4) is 5.69 Å². The number of carbonyl (C=O) groups is 1.